The van der Waals surface area contributed by atoms with Crippen molar-refractivity contribution in [1.82, 2.24) is 0 Å². The lowest BCUT2D eigenvalue weighted by atomic mass is 10.1. The second-order valence-electron chi connectivity index (χ2n) is 4.18. The third kappa shape index (κ3) is 2.71. The Morgan fingerprint density at radius 1 is 1.29 bits per heavy atom. The van der Waals surface area contributed by atoms with Crippen LogP contribution in [0.25, 0.3) is 10.4 Å². The second-order valence-corrected chi connectivity index (χ2v) is 5.73. The Hall–Kier alpha value is -0.830. The smallest absolute Gasteiger partial charge is 0.0409 e. The molecule has 0 fully saturated rings. The van der Waals surface area contributed by atoms with Crippen LogP contribution in [0.1, 0.15) is 29.8 Å². The molecule has 1 unspecified atom stereocenters. The number of hydrogen-bond acceptors (Lipinski definition) is 2. The van der Waals surface area contributed by atoms with Crippen molar-refractivity contribution in [2.24, 2.45) is 5.73 Å². The average molecular weight is 266 g/mol. The maximum atomic E-state index is 6.04. The average Bonchev–Trinajstić information content (AvgIpc) is 2.77. The quantitative estimate of drug-likeness (QED) is 0.849. The van der Waals surface area contributed by atoms with Gasteiger partial charge in [-0.25, -0.2) is 0 Å². The van der Waals surface area contributed by atoms with Gasteiger partial charge in [0.1, 0.15) is 0 Å². The standard InChI is InChI=1S/C14H16ClNS/c1-3-12(16)14-7-6-13(17-14)11-5-4-10(15)8-9(11)2/h4-8,12H,3,16H2,1-2H3. The highest BCUT2D eigenvalue weighted by atomic mass is 35.5. The molecule has 3 heteroatoms. The molecule has 1 nitrogen and oxygen atoms in total. The summed E-state index contributed by atoms with van der Waals surface area (Å²) in [6.45, 7) is 4.19. The van der Waals surface area contributed by atoms with E-state index in [0.29, 0.717) is 0 Å². The molecule has 0 amide bonds. The van der Waals surface area contributed by atoms with Crippen molar-refractivity contribution in [3.63, 3.8) is 0 Å². The van der Waals surface area contributed by atoms with Crippen LogP contribution in [0.5, 0.6) is 0 Å². The molecule has 90 valence electrons. The van der Waals surface area contributed by atoms with E-state index < -0.39 is 0 Å². The monoisotopic (exact) mass is 265 g/mol. The van der Waals surface area contributed by atoms with Gasteiger partial charge in [-0.1, -0.05) is 24.6 Å². The highest BCUT2D eigenvalue weighted by Crippen LogP contribution is 2.34. The van der Waals surface area contributed by atoms with Gasteiger partial charge in [-0.15, -0.1) is 11.3 Å². The minimum atomic E-state index is 0.154. The molecule has 0 radical (unpaired) electrons. The molecule has 0 saturated carbocycles. The van der Waals surface area contributed by atoms with E-state index in [9.17, 15) is 0 Å². The predicted octanol–water partition coefficient (Wildman–Crippen LogP) is 4.79. The third-order valence-electron chi connectivity index (χ3n) is 2.89. The van der Waals surface area contributed by atoms with E-state index in [0.717, 1.165) is 11.4 Å². The molecular weight excluding hydrogens is 250 g/mol. The van der Waals surface area contributed by atoms with Crippen molar-refractivity contribution in [3.8, 4) is 10.4 Å². The van der Waals surface area contributed by atoms with Gasteiger partial charge in [-0.05, 0) is 48.7 Å². The Kier molecular flexibility index (Phi) is 3.87. The van der Waals surface area contributed by atoms with Crippen molar-refractivity contribution < 1.29 is 0 Å². The van der Waals surface area contributed by atoms with Crippen LogP contribution in [-0.4, -0.2) is 0 Å². The fraction of sp³-hybridized carbons (Fsp3) is 0.286. The highest BCUT2D eigenvalue weighted by Gasteiger charge is 2.09. The molecule has 0 saturated heterocycles. The largest absolute Gasteiger partial charge is 0.323 e. The number of nitrogens with two attached hydrogens (primary N) is 1. The minimum Gasteiger partial charge on any atom is -0.323 e. The van der Waals surface area contributed by atoms with Crippen LogP contribution in [0.15, 0.2) is 30.3 Å². The zero-order chi connectivity index (χ0) is 12.4. The number of aryl methyl sites for hydroxylation is 1. The minimum absolute atomic E-state index is 0.154. The summed E-state index contributed by atoms with van der Waals surface area (Å²) >= 11 is 7.74. The van der Waals surface area contributed by atoms with E-state index >= 15 is 0 Å². The molecule has 0 aliphatic carbocycles. The maximum Gasteiger partial charge on any atom is 0.0409 e. The normalized spacial score (nSPS) is 12.7. The summed E-state index contributed by atoms with van der Waals surface area (Å²) in [5.74, 6) is 0. The Balaban J connectivity index is 2.37. The zero-order valence-corrected chi connectivity index (χ0v) is 11.6. The number of thiophene rings is 1. The molecule has 1 heterocycles. The van der Waals surface area contributed by atoms with Gasteiger partial charge in [0.25, 0.3) is 0 Å². The first-order valence-electron chi connectivity index (χ1n) is 5.73. The van der Waals surface area contributed by atoms with Crippen molar-refractivity contribution >= 4 is 22.9 Å². The number of benzene rings is 1. The Morgan fingerprint density at radius 2 is 2.06 bits per heavy atom. The van der Waals surface area contributed by atoms with E-state index in [1.807, 2.05) is 12.1 Å². The van der Waals surface area contributed by atoms with E-state index in [-0.39, 0.29) is 6.04 Å². The van der Waals surface area contributed by atoms with Gasteiger partial charge in [-0.3, -0.25) is 0 Å². The van der Waals surface area contributed by atoms with E-state index in [1.54, 1.807) is 11.3 Å². The topological polar surface area (TPSA) is 26.0 Å². The first-order valence-corrected chi connectivity index (χ1v) is 6.93. The predicted molar refractivity (Wildman–Crippen MR) is 76.7 cm³/mol. The summed E-state index contributed by atoms with van der Waals surface area (Å²) in [6.07, 6.45) is 0.972. The van der Waals surface area contributed by atoms with Gasteiger partial charge in [-0.2, -0.15) is 0 Å². The molecule has 2 N–H and O–H groups in total. The SMILES string of the molecule is CCC(N)c1ccc(-c2ccc(Cl)cc2C)s1. The molecule has 1 aromatic heterocycles. The fourth-order valence-electron chi connectivity index (χ4n) is 1.80. The molecule has 17 heavy (non-hydrogen) atoms. The lowest BCUT2D eigenvalue weighted by Gasteiger charge is -2.05. The van der Waals surface area contributed by atoms with E-state index in [4.69, 9.17) is 17.3 Å². The van der Waals surface area contributed by atoms with Gasteiger partial charge in [0.05, 0.1) is 0 Å². The van der Waals surface area contributed by atoms with Crippen molar-refractivity contribution in [2.45, 2.75) is 26.3 Å². The van der Waals surface area contributed by atoms with Gasteiger partial charge < -0.3 is 5.73 Å². The summed E-state index contributed by atoms with van der Waals surface area (Å²) in [4.78, 5) is 2.51. The van der Waals surface area contributed by atoms with Gasteiger partial charge in [0, 0.05) is 20.8 Å². The summed E-state index contributed by atoms with van der Waals surface area (Å²) in [6, 6.07) is 10.4. The molecule has 1 atom stereocenters. The van der Waals surface area contributed by atoms with Crippen LogP contribution in [0.3, 0.4) is 0 Å². The molecular formula is C14H16ClNS. The molecule has 0 aliphatic rings. The zero-order valence-electron chi connectivity index (χ0n) is 10.0. The van der Waals surface area contributed by atoms with Gasteiger partial charge in [0.2, 0.25) is 0 Å². The van der Waals surface area contributed by atoms with Gasteiger partial charge >= 0.3 is 0 Å². The summed E-state index contributed by atoms with van der Waals surface area (Å²) < 4.78 is 0. The number of hydrogen-bond donors (Lipinski definition) is 1. The molecule has 0 aliphatic heterocycles. The molecule has 1 aromatic carbocycles. The van der Waals surface area contributed by atoms with Crippen molar-refractivity contribution in [2.75, 3.05) is 0 Å². The highest BCUT2D eigenvalue weighted by molar-refractivity contribution is 7.15. The molecule has 0 bridgehead atoms. The van der Waals surface area contributed by atoms with Crippen LogP contribution in [0.2, 0.25) is 5.02 Å². The Morgan fingerprint density at radius 3 is 2.71 bits per heavy atom. The third-order valence-corrected chi connectivity index (χ3v) is 4.37. The van der Waals surface area contributed by atoms with Crippen LogP contribution in [-0.2, 0) is 0 Å². The summed E-state index contributed by atoms with van der Waals surface area (Å²) in [5.41, 5.74) is 8.49. The fourth-order valence-corrected chi connectivity index (χ4v) is 3.21. The summed E-state index contributed by atoms with van der Waals surface area (Å²) in [5, 5.41) is 0.785. The van der Waals surface area contributed by atoms with Crippen LogP contribution < -0.4 is 5.73 Å². The summed E-state index contributed by atoms with van der Waals surface area (Å²) in [7, 11) is 0. The Bertz CT molecular complexity index is 519. The second kappa shape index (κ2) is 5.21. The van der Waals surface area contributed by atoms with Crippen LogP contribution in [0.4, 0.5) is 0 Å². The van der Waals surface area contributed by atoms with Crippen LogP contribution >= 0.6 is 22.9 Å². The van der Waals surface area contributed by atoms with E-state index in [1.165, 1.54) is 20.9 Å². The number of rotatable bonds is 3. The van der Waals surface area contributed by atoms with Crippen molar-refractivity contribution in [1.29, 1.82) is 0 Å². The first-order chi connectivity index (χ1) is 8.11. The van der Waals surface area contributed by atoms with Crippen molar-refractivity contribution in [3.05, 3.63) is 45.8 Å². The molecule has 2 aromatic rings. The Labute approximate surface area is 111 Å². The van der Waals surface area contributed by atoms with Gasteiger partial charge in [0.15, 0.2) is 0 Å². The molecule has 2 rings (SSSR count). The lowest BCUT2D eigenvalue weighted by molar-refractivity contribution is 0.712. The van der Waals surface area contributed by atoms with E-state index in [2.05, 4.69) is 32.0 Å². The molecule has 0 spiro atoms. The first kappa shape index (κ1) is 12.6. The number of halogens is 1. The maximum absolute atomic E-state index is 6.04. The van der Waals surface area contributed by atoms with Crippen LogP contribution in [0, 0.1) is 6.92 Å². The lowest BCUT2D eigenvalue weighted by Crippen LogP contribution is -2.05.